The Hall–Kier alpha value is -2.24. The van der Waals surface area contributed by atoms with Gasteiger partial charge in [0.1, 0.15) is 22.5 Å². The molecule has 0 radical (unpaired) electrons. The van der Waals surface area contributed by atoms with Crippen LogP contribution in [-0.2, 0) is 0 Å². The lowest BCUT2D eigenvalue weighted by Gasteiger charge is -2.15. The Morgan fingerprint density at radius 1 is 0.792 bits per heavy atom. The third-order valence-electron chi connectivity index (χ3n) is 3.83. The first-order valence-corrected chi connectivity index (χ1v) is 8.65. The third kappa shape index (κ3) is 4.19. The van der Waals surface area contributed by atoms with Gasteiger partial charge in [0.2, 0.25) is 0 Å². The van der Waals surface area contributed by atoms with E-state index >= 15 is 0 Å². The smallest absolute Gasteiger partial charge is 0.169 e. The van der Waals surface area contributed by atoms with E-state index < -0.39 is 0 Å². The summed E-state index contributed by atoms with van der Waals surface area (Å²) in [6, 6.07) is 3.71. The lowest BCUT2D eigenvalue weighted by Crippen LogP contribution is -2.11. The number of benzene rings is 1. The van der Waals surface area contributed by atoms with Crippen LogP contribution in [0, 0.1) is 0 Å². The van der Waals surface area contributed by atoms with Crippen LogP contribution in [-0.4, -0.2) is 37.3 Å². The first-order chi connectivity index (χ1) is 11.7. The summed E-state index contributed by atoms with van der Waals surface area (Å²) in [6.45, 7) is 6.07. The number of methoxy groups -OCH3 is 2. The molecule has 0 aliphatic carbocycles. The van der Waals surface area contributed by atoms with Crippen LogP contribution >= 0.6 is 0 Å². The van der Waals surface area contributed by atoms with Gasteiger partial charge in [-0.05, 0) is 25.0 Å². The summed E-state index contributed by atoms with van der Waals surface area (Å²) in [5.41, 5.74) is 1.41. The predicted molar refractivity (Wildman–Crippen MR) is 99.4 cm³/mol. The molecule has 6 heteroatoms. The van der Waals surface area contributed by atoms with Gasteiger partial charge in [-0.1, -0.05) is 26.7 Å². The van der Waals surface area contributed by atoms with Crippen molar-refractivity contribution >= 4 is 22.7 Å². The molecule has 132 valence electrons. The largest absolute Gasteiger partial charge is 0.494 e. The van der Waals surface area contributed by atoms with Crippen LogP contribution in [0.1, 0.15) is 39.5 Å². The number of hydrogen-bond donors (Lipinski definition) is 2. The summed E-state index contributed by atoms with van der Waals surface area (Å²) in [5.74, 6) is 2.91. The van der Waals surface area contributed by atoms with Crippen molar-refractivity contribution in [1.82, 2.24) is 9.97 Å². The average molecular weight is 332 g/mol. The van der Waals surface area contributed by atoms with Gasteiger partial charge in [-0.2, -0.15) is 0 Å². The second-order valence-electron chi connectivity index (χ2n) is 5.65. The van der Waals surface area contributed by atoms with Gasteiger partial charge >= 0.3 is 0 Å². The van der Waals surface area contributed by atoms with Crippen molar-refractivity contribution in [1.29, 1.82) is 0 Å². The van der Waals surface area contributed by atoms with Crippen LogP contribution in [0.3, 0.4) is 0 Å². The molecule has 0 unspecified atom stereocenters. The molecule has 0 saturated carbocycles. The molecule has 0 spiro atoms. The number of nitrogens with zero attached hydrogens (tertiary/aromatic N) is 2. The highest BCUT2D eigenvalue weighted by atomic mass is 16.5. The maximum absolute atomic E-state index is 5.44. The molecule has 1 aromatic heterocycles. The minimum absolute atomic E-state index is 0.692. The zero-order valence-corrected chi connectivity index (χ0v) is 15.1. The summed E-state index contributed by atoms with van der Waals surface area (Å²) in [5, 5.41) is 6.78. The summed E-state index contributed by atoms with van der Waals surface area (Å²) in [6.07, 6.45) is 4.43. The highest BCUT2D eigenvalue weighted by Gasteiger charge is 2.15. The van der Waals surface area contributed by atoms with Crippen LogP contribution in [0.2, 0.25) is 0 Å². The second kappa shape index (κ2) is 9.15. The number of aromatic nitrogens is 2. The van der Waals surface area contributed by atoms with Crippen molar-refractivity contribution in [2.45, 2.75) is 39.5 Å². The number of anilines is 2. The van der Waals surface area contributed by atoms with Crippen molar-refractivity contribution in [3.63, 3.8) is 0 Å². The fourth-order valence-electron chi connectivity index (χ4n) is 2.43. The summed E-state index contributed by atoms with van der Waals surface area (Å²) in [4.78, 5) is 9.53. The van der Waals surface area contributed by atoms with Gasteiger partial charge in [0.25, 0.3) is 0 Å². The molecule has 0 amide bonds. The molecule has 0 bridgehead atoms. The van der Waals surface area contributed by atoms with Gasteiger partial charge in [0, 0.05) is 13.1 Å². The highest BCUT2D eigenvalue weighted by molar-refractivity contribution is 5.90. The van der Waals surface area contributed by atoms with E-state index in [0.717, 1.165) is 50.4 Å². The molecular weight excluding hydrogens is 304 g/mol. The fourth-order valence-corrected chi connectivity index (χ4v) is 2.43. The summed E-state index contributed by atoms with van der Waals surface area (Å²) < 4.78 is 10.9. The zero-order chi connectivity index (χ0) is 17.4. The summed E-state index contributed by atoms with van der Waals surface area (Å²) in [7, 11) is 3.28. The minimum atomic E-state index is 0.692. The van der Waals surface area contributed by atoms with E-state index in [1.165, 1.54) is 0 Å². The van der Waals surface area contributed by atoms with Gasteiger partial charge in [-0.15, -0.1) is 0 Å². The van der Waals surface area contributed by atoms with Crippen molar-refractivity contribution in [2.75, 3.05) is 37.9 Å². The Bertz CT molecular complexity index is 604. The maximum Gasteiger partial charge on any atom is 0.169 e. The van der Waals surface area contributed by atoms with Crippen LogP contribution in [0.15, 0.2) is 12.1 Å². The Balaban J connectivity index is 2.46. The number of rotatable bonds is 10. The number of ether oxygens (including phenoxy) is 2. The molecule has 2 aromatic rings. The fraction of sp³-hybridized carbons (Fsp3) is 0.556. The molecular formula is C18H28N4O2. The number of hydrogen-bond acceptors (Lipinski definition) is 6. The Labute approximate surface area is 144 Å². The topological polar surface area (TPSA) is 68.3 Å². The standard InChI is InChI=1S/C18H28N4O2/c1-5-7-11-19-17-18(20-12-8-6-2)22-16-14(24-4)10-9-13(23-3)15(16)21-17/h9-10H,5-8,11-12H2,1-4H3,(H,19,21)(H,20,22). The molecule has 0 aliphatic rings. The third-order valence-corrected chi connectivity index (χ3v) is 3.83. The molecule has 1 aromatic carbocycles. The van der Waals surface area contributed by atoms with Gasteiger partial charge in [-0.3, -0.25) is 0 Å². The monoisotopic (exact) mass is 332 g/mol. The SMILES string of the molecule is CCCCNc1nc2c(OC)ccc(OC)c2nc1NCCCC. The Kier molecular flexibility index (Phi) is 6.90. The molecule has 0 aliphatic heterocycles. The molecule has 24 heavy (non-hydrogen) atoms. The zero-order valence-electron chi connectivity index (χ0n) is 15.1. The molecule has 0 atom stereocenters. The normalized spacial score (nSPS) is 10.7. The molecule has 2 N–H and O–H groups in total. The van der Waals surface area contributed by atoms with E-state index in [1.807, 2.05) is 12.1 Å². The van der Waals surface area contributed by atoms with E-state index in [4.69, 9.17) is 19.4 Å². The van der Waals surface area contributed by atoms with E-state index in [-0.39, 0.29) is 0 Å². The van der Waals surface area contributed by atoms with Gasteiger partial charge in [0.05, 0.1) is 14.2 Å². The van der Waals surface area contributed by atoms with Gasteiger partial charge < -0.3 is 20.1 Å². The molecule has 1 heterocycles. The Morgan fingerprint density at radius 2 is 1.21 bits per heavy atom. The van der Waals surface area contributed by atoms with Gasteiger partial charge in [0.15, 0.2) is 11.6 Å². The van der Waals surface area contributed by atoms with Crippen molar-refractivity contribution in [3.8, 4) is 11.5 Å². The van der Waals surface area contributed by atoms with Crippen LogP contribution in [0.25, 0.3) is 11.0 Å². The van der Waals surface area contributed by atoms with E-state index in [0.29, 0.717) is 22.5 Å². The highest BCUT2D eigenvalue weighted by Crippen LogP contribution is 2.33. The van der Waals surface area contributed by atoms with E-state index in [9.17, 15) is 0 Å². The summed E-state index contributed by atoms with van der Waals surface area (Å²) >= 11 is 0. The molecule has 2 rings (SSSR count). The lowest BCUT2D eigenvalue weighted by atomic mass is 10.2. The first kappa shape index (κ1) is 18.1. The quantitative estimate of drug-likeness (QED) is 0.639. The molecule has 6 nitrogen and oxygen atoms in total. The van der Waals surface area contributed by atoms with Crippen molar-refractivity contribution in [2.24, 2.45) is 0 Å². The molecule has 0 fully saturated rings. The average Bonchev–Trinajstić information content (AvgIpc) is 2.61. The minimum Gasteiger partial charge on any atom is -0.494 e. The number of fused-ring (bicyclic) bond motifs is 1. The van der Waals surface area contributed by atoms with Crippen LogP contribution < -0.4 is 20.1 Å². The maximum atomic E-state index is 5.44. The predicted octanol–water partition coefficient (Wildman–Crippen LogP) is 4.07. The molecule has 0 saturated heterocycles. The van der Waals surface area contributed by atoms with Crippen molar-refractivity contribution < 1.29 is 9.47 Å². The van der Waals surface area contributed by atoms with E-state index in [2.05, 4.69) is 24.5 Å². The van der Waals surface area contributed by atoms with Crippen LogP contribution in [0.4, 0.5) is 11.6 Å². The number of unbranched alkanes of at least 4 members (excludes halogenated alkanes) is 2. The Morgan fingerprint density at radius 3 is 1.54 bits per heavy atom. The van der Waals surface area contributed by atoms with E-state index in [1.54, 1.807) is 14.2 Å². The lowest BCUT2D eigenvalue weighted by molar-refractivity contribution is 0.409. The van der Waals surface area contributed by atoms with Crippen LogP contribution in [0.5, 0.6) is 11.5 Å². The first-order valence-electron chi connectivity index (χ1n) is 8.65. The van der Waals surface area contributed by atoms with Gasteiger partial charge in [-0.25, -0.2) is 9.97 Å². The number of nitrogens with one attached hydrogen (secondary N) is 2. The van der Waals surface area contributed by atoms with Crippen molar-refractivity contribution in [3.05, 3.63) is 12.1 Å². The second-order valence-corrected chi connectivity index (χ2v) is 5.65.